The van der Waals surface area contributed by atoms with Crippen molar-refractivity contribution in [1.82, 2.24) is 0 Å². The van der Waals surface area contributed by atoms with Gasteiger partial charge >= 0.3 is 5.97 Å². The molecular formula is C16H16O2S. The largest absolute Gasteiger partial charge is 0.463 e. The molecule has 0 bridgehead atoms. The first-order chi connectivity index (χ1) is 9.20. The highest BCUT2D eigenvalue weighted by Gasteiger charge is 2.06. The van der Waals surface area contributed by atoms with Gasteiger partial charge in [0, 0.05) is 10.5 Å². The molecule has 2 aromatic rings. The highest BCUT2D eigenvalue weighted by atomic mass is 32.1. The average Bonchev–Trinajstić information content (AvgIpc) is 2.88. The summed E-state index contributed by atoms with van der Waals surface area (Å²) in [5, 5.41) is 2.10. The molecule has 1 heterocycles. The summed E-state index contributed by atoms with van der Waals surface area (Å²) in [6.07, 6.45) is 1.87. The van der Waals surface area contributed by atoms with Crippen molar-refractivity contribution in [2.45, 2.75) is 13.8 Å². The fourth-order valence-corrected chi connectivity index (χ4v) is 2.63. The van der Waals surface area contributed by atoms with Crippen LogP contribution in [0.4, 0.5) is 0 Å². The molecular weight excluding hydrogens is 256 g/mol. The summed E-state index contributed by atoms with van der Waals surface area (Å²) in [7, 11) is 0. The first-order valence-corrected chi connectivity index (χ1v) is 7.08. The van der Waals surface area contributed by atoms with E-state index in [1.165, 1.54) is 11.1 Å². The van der Waals surface area contributed by atoms with Crippen LogP contribution in [0.15, 0.2) is 47.4 Å². The standard InChI is InChI=1S/C16H16O2S/c1-3-18-16(17)12(2)9-15-10-14(11-19-15)13-7-5-4-6-8-13/h4-11H,3H2,1-2H3/b12-9+. The maximum absolute atomic E-state index is 11.5. The number of ether oxygens (including phenoxy) is 1. The summed E-state index contributed by atoms with van der Waals surface area (Å²) in [5.74, 6) is -0.253. The highest BCUT2D eigenvalue weighted by Crippen LogP contribution is 2.26. The summed E-state index contributed by atoms with van der Waals surface area (Å²) in [5.41, 5.74) is 2.99. The zero-order valence-corrected chi connectivity index (χ0v) is 11.9. The van der Waals surface area contributed by atoms with Crippen LogP contribution in [0, 0.1) is 0 Å². The summed E-state index contributed by atoms with van der Waals surface area (Å²) in [6, 6.07) is 12.3. The lowest BCUT2D eigenvalue weighted by Gasteiger charge is -2.00. The molecule has 0 N–H and O–H groups in total. The van der Waals surface area contributed by atoms with Crippen molar-refractivity contribution in [3.8, 4) is 11.1 Å². The van der Waals surface area contributed by atoms with E-state index in [-0.39, 0.29) is 5.97 Å². The van der Waals surface area contributed by atoms with Gasteiger partial charge in [-0.2, -0.15) is 0 Å². The molecule has 1 aromatic carbocycles. The smallest absolute Gasteiger partial charge is 0.333 e. The zero-order chi connectivity index (χ0) is 13.7. The highest BCUT2D eigenvalue weighted by molar-refractivity contribution is 7.11. The van der Waals surface area contributed by atoms with Crippen molar-refractivity contribution >= 4 is 23.4 Å². The summed E-state index contributed by atoms with van der Waals surface area (Å²) in [4.78, 5) is 12.6. The first-order valence-electron chi connectivity index (χ1n) is 6.20. The van der Waals surface area contributed by atoms with E-state index < -0.39 is 0 Å². The van der Waals surface area contributed by atoms with E-state index in [0.717, 1.165) is 4.88 Å². The van der Waals surface area contributed by atoms with Gasteiger partial charge in [-0.25, -0.2) is 4.79 Å². The van der Waals surface area contributed by atoms with Crippen LogP contribution < -0.4 is 0 Å². The van der Waals surface area contributed by atoms with Crippen LogP contribution in [0.2, 0.25) is 0 Å². The third-order valence-corrected chi connectivity index (χ3v) is 3.56. The molecule has 2 rings (SSSR count). The van der Waals surface area contributed by atoms with Crippen molar-refractivity contribution in [3.05, 3.63) is 52.2 Å². The van der Waals surface area contributed by atoms with Crippen molar-refractivity contribution < 1.29 is 9.53 Å². The third kappa shape index (κ3) is 3.55. The lowest BCUT2D eigenvalue weighted by molar-refractivity contribution is -0.138. The minimum absolute atomic E-state index is 0.253. The number of thiophene rings is 1. The molecule has 3 heteroatoms. The lowest BCUT2D eigenvalue weighted by atomic mass is 10.1. The number of benzene rings is 1. The van der Waals surface area contributed by atoms with Crippen molar-refractivity contribution in [2.75, 3.05) is 6.61 Å². The fourth-order valence-electron chi connectivity index (χ4n) is 1.73. The van der Waals surface area contributed by atoms with Gasteiger partial charge in [-0.15, -0.1) is 11.3 Å². The molecule has 0 saturated carbocycles. The molecule has 0 aliphatic carbocycles. The van der Waals surface area contributed by atoms with Gasteiger partial charge in [0.25, 0.3) is 0 Å². The molecule has 2 nitrogen and oxygen atoms in total. The van der Waals surface area contributed by atoms with E-state index in [1.807, 2.05) is 31.2 Å². The predicted molar refractivity (Wildman–Crippen MR) is 80.0 cm³/mol. The predicted octanol–water partition coefficient (Wildman–Crippen LogP) is 4.38. The molecule has 19 heavy (non-hydrogen) atoms. The molecule has 0 saturated heterocycles. The van der Waals surface area contributed by atoms with Gasteiger partial charge in [-0.1, -0.05) is 30.3 Å². The van der Waals surface area contributed by atoms with Crippen molar-refractivity contribution in [3.63, 3.8) is 0 Å². The number of esters is 1. The van der Waals surface area contributed by atoms with Gasteiger partial charge in [0.15, 0.2) is 0 Å². The number of hydrogen-bond donors (Lipinski definition) is 0. The fraction of sp³-hybridized carbons (Fsp3) is 0.188. The molecule has 0 aliphatic heterocycles. The van der Waals surface area contributed by atoms with Crippen LogP contribution >= 0.6 is 11.3 Å². The normalized spacial score (nSPS) is 11.4. The molecule has 98 valence electrons. The molecule has 0 aliphatic rings. The molecule has 0 spiro atoms. The summed E-state index contributed by atoms with van der Waals surface area (Å²) >= 11 is 1.62. The maximum atomic E-state index is 11.5. The Bertz CT molecular complexity index is 582. The minimum Gasteiger partial charge on any atom is -0.463 e. The van der Waals surface area contributed by atoms with Crippen molar-refractivity contribution in [2.24, 2.45) is 0 Å². The van der Waals surface area contributed by atoms with Crippen LogP contribution in [0.5, 0.6) is 0 Å². The van der Waals surface area contributed by atoms with Crippen LogP contribution in [0.1, 0.15) is 18.7 Å². The minimum atomic E-state index is -0.253. The molecule has 0 atom stereocenters. The van der Waals surface area contributed by atoms with Gasteiger partial charge in [-0.05, 0) is 42.5 Å². The van der Waals surface area contributed by atoms with Crippen LogP contribution in [0.3, 0.4) is 0 Å². The number of rotatable bonds is 4. The van der Waals surface area contributed by atoms with Gasteiger partial charge < -0.3 is 4.74 Å². The van der Waals surface area contributed by atoms with Gasteiger partial charge in [0.05, 0.1) is 6.61 Å². The van der Waals surface area contributed by atoms with E-state index in [2.05, 4.69) is 23.6 Å². The monoisotopic (exact) mass is 272 g/mol. The zero-order valence-electron chi connectivity index (χ0n) is 11.1. The van der Waals surface area contributed by atoms with Gasteiger partial charge in [0.1, 0.15) is 0 Å². The van der Waals surface area contributed by atoms with E-state index in [0.29, 0.717) is 12.2 Å². The second-order valence-electron chi connectivity index (χ2n) is 4.15. The SMILES string of the molecule is CCOC(=O)/C(C)=C/c1cc(-c2ccccc2)cs1. The van der Waals surface area contributed by atoms with E-state index in [1.54, 1.807) is 18.3 Å². The average molecular weight is 272 g/mol. The molecule has 0 fully saturated rings. The Morgan fingerprint density at radius 2 is 2.00 bits per heavy atom. The quantitative estimate of drug-likeness (QED) is 0.610. The van der Waals surface area contributed by atoms with Gasteiger partial charge in [0.2, 0.25) is 0 Å². The van der Waals surface area contributed by atoms with Crippen LogP contribution in [0.25, 0.3) is 17.2 Å². The topological polar surface area (TPSA) is 26.3 Å². The Morgan fingerprint density at radius 3 is 2.68 bits per heavy atom. The Labute approximate surface area is 117 Å². The van der Waals surface area contributed by atoms with Crippen LogP contribution in [-0.2, 0) is 9.53 Å². The van der Waals surface area contributed by atoms with Crippen molar-refractivity contribution in [1.29, 1.82) is 0 Å². The molecule has 1 aromatic heterocycles. The Balaban J connectivity index is 2.18. The number of carbonyl (C=O) groups excluding carboxylic acids is 1. The third-order valence-electron chi connectivity index (χ3n) is 2.68. The van der Waals surface area contributed by atoms with Gasteiger partial charge in [-0.3, -0.25) is 0 Å². The Hall–Kier alpha value is -1.87. The number of carbonyl (C=O) groups is 1. The lowest BCUT2D eigenvalue weighted by Crippen LogP contribution is -2.04. The van der Waals surface area contributed by atoms with E-state index in [4.69, 9.17) is 4.74 Å². The molecule has 0 radical (unpaired) electrons. The summed E-state index contributed by atoms with van der Waals surface area (Å²) < 4.78 is 4.96. The first kappa shape index (κ1) is 13.6. The van der Waals surface area contributed by atoms with E-state index >= 15 is 0 Å². The molecule has 0 unspecified atom stereocenters. The Kier molecular flexibility index (Phi) is 4.53. The molecule has 0 amide bonds. The second kappa shape index (κ2) is 6.34. The summed E-state index contributed by atoms with van der Waals surface area (Å²) in [6.45, 7) is 3.99. The van der Waals surface area contributed by atoms with E-state index in [9.17, 15) is 4.79 Å². The Morgan fingerprint density at radius 1 is 1.26 bits per heavy atom. The number of hydrogen-bond acceptors (Lipinski definition) is 3. The second-order valence-corrected chi connectivity index (χ2v) is 5.09. The maximum Gasteiger partial charge on any atom is 0.333 e. The van der Waals surface area contributed by atoms with Crippen LogP contribution in [-0.4, -0.2) is 12.6 Å².